The number of aromatic nitrogens is 3. The van der Waals surface area contributed by atoms with Crippen LogP contribution in [0.1, 0.15) is 44.3 Å². The summed E-state index contributed by atoms with van der Waals surface area (Å²) in [5.74, 6) is 2.41. The van der Waals surface area contributed by atoms with E-state index < -0.39 is 10.2 Å². The van der Waals surface area contributed by atoms with Gasteiger partial charge < -0.3 is 4.57 Å². The van der Waals surface area contributed by atoms with Gasteiger partial charge >= 0.3 is 0 Å². The maximum absolute atomic E-state index is 12.3. The average Bonchev–Trinajstić information content (AvgIpc) is 2.85. The minimum absolute atomic E-state index is 0.292. The van der Waals surface area contributed by atoms with Gasteiger partial charge in [-0.05, 0) is 26.7 Å². The van der Waals surface area contributed by atoms with E-state index in [0.29, 0.717) is 25.0 Å². The summed E-state index contributed by atoms with van der Waals surface area (Å²) in [5, 5.41) is 8.90. The Balaban J connectivity index is 1.69. The van der Waals surface area contributed by atoms with Crippen molar-refractivity contribution >= 4 is 10.2 Å². The summed E-state index contributed by atoms with van der Waals surface area (Å²) in [6.45, 7) is 8.52. The smallest absolute Gasteiger partial charge is 0.281 e. The minimum atomic E-state index is -3.32. The molecule has 2 aliphatic rings. The molecule has 0 aliphatic carbocycles. The first kappa shape index (κ1) is 18.8. The van der Waals surface area contributed by atoms with Crippen LogP contribution in [0.15, 0.2) is 0 Å². The van der Waals surface area contributed by atoms with E-state index in [-0.39, 0.29) is 0 Å². The van der Waals surface area contributed by atoms with Gasteiger partial charge in [-0.25, -0.2) is 0 Å². The fourth-order valence-corrected chi connectivity index (χ4v) is 4.89. The third-order valence-corrected chi connectivity index (χ3v) is 7.37. The van der Waals surface area contributed by atoms with Crippen molar-refractivity contribution in [1.82, 2.24) is 28.3 Å². The van der Waals surface area contributed by atoms with Gasteiger partial charge in [-0.2, -0.15) is 17.0 Å². The van der Waals surface area contributed by atoms with Crippen LogP contribution in [0.5, 0.6) is 0 Å². The zero-order valence-electron chi connectivity index (χ0n) is 15.7. The lowest BCUT2D eigenvalue weighted by Crippen LogP contribution is -2.44. The summed E-state index contributed by atoms with van der Waals surface area (Å²) >= 11 is 0. The van der Waals surface area contributed by atoms with Crippen LogP contribution in [-0.2, 0) is 23.2 Å². The SMILES string of the molecule is CC(C)N1CCc2nnc(C3CCN(S(=O)(=O)N(C)C)CC3)n2CC1. The second-order valence-corrected chi connectivity index (χ2v) is 9.61. The van der Waals surface area contributed by atoms with Crippen molar-refractivity contribution in [3.63, 3.8) is 0 Å². The highest BCUT2D eigenvalue weighted by Gasteiger charge is 2.33. The summed E-state index contributed by atoms with van der Waals surface area (Å²) in [7, 11) is -0.148. The molecule has 9 heteroatoms. The van der Waals surface area contributed by atoms with Crippen molar-refractivity contribution in [2.75, 3.05) is 40.3 Å². The second-order valence-electron chi connectivity index (χ2n) is 7.47. The van der Waals surface area contributed by atoms with Crippen molar-refractivity contribution in [1.29, 1.82) is 0 Å². The minimum Gasteiger partial charge on any atom is -0.313 e. The molecule has 2 aliphatic heterocycles. The molecule has 3 rings (SSSR count). The van der Waals surface area contributed by atoms with Crippen LogP contribution in [0, 0.1) is 0 Å². The highest BCUT2D eigenvalue weighted by molar-refractivity contribution is 7.86. The molecule has 8 nitrogen and oxygen atoms in total. The Morgan fingerprint density at radius 2 is 1.72 bits per heavy atom. The monoisotopic (exact) mass is 370 g/mol. The van der Waals surface area contributed by atoms with Crippen LogP contribution >= 0.6 is 0 Å². The fourth-order valence-electron chi connectivity index (χ4n) is 3.76. The fraction of sp³-hybridized carbons (Fsp3) is 0.875. The Morgan fingerprint density at radius 1 is 1.04 bits per heavy atom. The molecule has 0 saturated carbocycles. The molecular formula is C16H30N6O2S. The number of hydrogen-bond donors (Lipinski definition) is 0. The van der Waals surface area contributed by atoms with Gasteiger partial charge in [-0.1, -0.05) is 0 Å². The number of piperidine rings is 1. The van der Waals surface area contributed by atoms with Crippen LogP contribution in [-0.4, -0.2) is 83.0 Å². The quantitative estimate of drug-likeness (QED) is 0.773. The number of rotatable bonds is 4. The maximum atomic E-state index is 12.3. The molecule has 1 saturated heterocycles. The summed E-state index contributed by atoms with van der Waals surface area (Å²) in [5.41, 5.74) is 0. The molecule has 0 radical (unpaired) electrons. The molecule has 0 atom stereocenters. The number of hydrogen-bond acceptors (Lipinski definition) is 5. The molecule has 1 fully saturated rings. The van der Waals surface area contributed by atoms with Crippen molar-refractivity contribution < 1.29 is 8.42 Å². The number of fused-ring (bicyclic) bond motifs is 1. The first-order valence-corrected chi connectivity index (χ1v) is 10.5. The van der Waals surface area contributed by atoms with E-state index in [1.807, 2.05) is 0 Å². The Morgan fingerprint density at radius 3 is 2.32 bits per heavy atom. The van der Waals surface area contributed by atoms with Crippen molar-refractivity contribution in [3.05, 3.63) is 11.6 Å². The molecule has 1 aromatic rings. The van der Waals surface area contributed by atoms with Gasteiger partial charge in [0.05, 0.1) is 0 Å². The largest absolute Gasteiger partial charge is 0.313 e. The molecule has 1 aromatic heterocycles. The number of nitrogens with zero attached hydrogens (tertiary/aromatic N) is 6. The van der Waals surface area contributed by atoms with Crippen molar-refractivity contribution in [2.45, 2.75) is 51.6 Å². The Kier molecular flexibility index (Phi) is 5.48. The van der Waals surface area contributed by atoms with E-state index >= 15 is 0 Å². The lowest BCUT2D eigenvalue weighted by Gasteiger charge is -2.32. The standard InChI is InChI=1S/C16H30N6O2S/c1-13(2)20-8-7-15-17-18-16(22(15)12-11-20)14-5-9-21(10-6-14)25(23,24)19(3)4/h13-14H,5-12H2,1-4H3. The second kappa shape index (κ2) is 7.30. The van der Waals surface area contributed by atoms with Crippen LogP contribution in [0.4, 0.5) is 0 Å². The van der Waals surface area contributed by atoms with Gasteiger partial charge in [0.15, 0.2) is 0 Å². The predicted octanol–water partition coefficient (Wildman–Crippen LogP) is 0.530. The molecular weight excluding hydrogens is 340 g/mol. The highest BCUT2D eigenvalue weighted by atomic mass is 32.2. The third-order valence-electron chi connectivity index (χ3n) is 5.43. The van der Waals surface area contributed by atoms with E-state index in [1.54, 1.807) is 18.4 Å². The molecule has 0 amide bonds. The van der Waals surface area contributed by atoms with Crippen LogP contribution in [0.2, 0.25) is 0 Å². The summed E-state index contributed by atoms with van der Waals surface area (Å²) < 4.78 is 29.7. The zero-order valence-corrected chi connectivity index (χ0v) is 16.5. The van der Waals surface area contributed by atoms with Gasteiger partial charge in [0.2, 0.25) is 0 Å². The van der Waals surface area contributed by atoms with Crippen LogP contribution < -0.4 is 0 Å². The topological polar surface area (TPSA) is 74.6 Å². The third kappa shape index (κ3) is 3.74. The van der Waals surface area contributed by atoms with E-state index in [0.717, 1.165) is 50.5 Å². The zero-order chi connectivity index (χ0) is 18.2. The molecule has 0 unspecified atom stereocenters. The van der Waals surface area contributed by atoms with Crippen LogP contribution in [0.3, 0.4) is 0 Å². The summed E-state index contributed by atoms with van der Waals surface area (Å²) in [6.07, 6.45) is 2.54. The summed E-state index contributed by atoms with van der Waals surface area (Å²) in [4.78, 5) is 2.48. The Labute approximate surface area is 151 Å². The molecule has 25 heavy (non-hydrogen) atoms. The van der Waals surface area contributed by atoms with Gasteiger partial charge in [-0.15, -0.1) is 10.2 Å². The molecule has 0 bridgehead atoms. The first-order chi connectivity index (χ1) is 11.8. The normalized spacial score (nSPS) is 21.7. The lowest BCUT2D eigenvalue weighted by atomic mass is 9.97. The summed E-state index contributed by atoms with van der Waals surface area (Å²) in [6, 6.07) is 0.542. The van der Waals surface area contributed by atoms with Gasteiger partial charge in [-0.3, -0.25) is 4.90 Å². The first-order valence-electron chi connectivity index (χ1n) is 9.14. The molecule has 0 spiro atoms. The molecule has 0 N–H and O–H groups in total. The predicted molar refractivity (Wildman–Crippen MR) is 96.6 cm³/mol. The van der Waals surface area contributed by atoms with Crippen molar-refractivity contribution in [2.24, 2.45) is 0 Å². The van der Waals surface area contributed by atoms with Gasteiger partial charge in [0.25, 0.3) is 10.2 Å². The Hall–Kier alpha value is -1.03. The van der Waals surface area contributed by atoms with Gasteiger partial charge in [0.1, 0.15) is 11.6 Å². The average molecular weight is 371 g/mol. The highest BCUT2D eigenvalue weighted by Crippen LogP contribution is 2.29. The lowest BCUT2D eigenvalue weighted by molar-refractivity contribution is 0.224. The van der Waals surface area contributed by atoms with Crippen LogP contribution in [0.25, 0.3) is 0 Å². The maximum Gasteiger partial charge on any atom is 0.281 e. The van der Waals surface area contributed by atoms with Crippen molar-refractivity contribution in [3.8, 4) is 0 Å². The molecule has 0 aromatic carbocycles. The Bertz CT molecular complexity index is 691. The van der Waals surface area contributed by atoms with E-state index in [9.17, 15) is 8.42 Å². The molecule has 3 heterocycles. The molecule has 142 valence electrons. The van der Waals surface area contributed by atoms with E-state index in [4.69, 9.17) is 0 Å². The van der Waals surface area contributed by atoms with Gasteiger partial charge in [0, 0.05) is 65.2 Å². The van der Waals surface area contributed by atoms with E-state index in [1.165, 1.54) is 4.31 Å². The van der Waals surface area contributed by atoms with E-state index in [2.05, 4.69) is 33.5 Å².